The average Bonchev–Trinajstić information content (AvgIpc) is 2.94. The molecule has 0 aromatic heterocycles. The predicted molar refractivity (Wildman–Crippen MR) is 141 cm³/mol. The maximum Gasteiger partial charge on any atom is 0.314 e. The van der Waals surface area contributed by atoms with Gasteiger partial charge in [-0.1, -0.05) is 18.2 Å². The van der Waals surface area contributed by atoms with Crippen LogP contribution in [0.2, 0.25) is 0 Å². The number of nitrogens with one attached hydrogen (secondary N) is 1. The maximum atomic E-state index is 15.1. The third-order valence-electron chi connectivity index (χ3n) is 7.27. The number of rotatable bonds is 7. The summed E-state index contributed by atoms with van der Waals surface area (Å²) in [7, 11) is 0. The molecule has 8 nitrogen and oxygen atoms in total. The molecule has 1 atom stereocenters. The van der Waals surface area contributed by atoms with Gasteiger partial charge in [0.05, 0.1) is 11.0 Å². The standard InChI is InChI=1S/C30H30FNO7/c1-18-7-8-20(14-23(18)30(29(34)35)9-11-36-12-10-30)32-28(33)22-13-19(2)27(15-24(22)31)38-17-21-16-37-25-5-3-4-6-26(25)39-21/h3-8,13-15,21H,9-12,16-17H2,1-2H3,(H,32,33)(H,34,35)/t21-/m0/s1. The van der Waals surface area contributed by atoms with Crippen molar-refractivity contribution in [1.82, 2.24) is 0 Å². The number of carbonyl (C=O) groups excluding carboxylic acids is 1. The van der Waals surface area contributed by atoms with Crippen molar-refractivity contribution in [3.63, 3.8) is 0 Å². The third-order valence-corrected chi connectivity index (χ3v) is 7.27. The van der Waals surface area contributed by atoms with Gasteiger partial charge in [0.1, 0.15) is 24.8 Å². The van der Waals surface area contributed by atoms with Crippen molar-refractivity contribution < 1.29 is 38.0 Å². The number of carbonyl (C=O) groups is 2. The molecular weight excluding hydrogens is 505 g/mol. The fourth-order valence-electron chi connectivity index (χ4n) is 5.05. The summed E-state index contributed by atoms with van der Waals surface area (Å²) in [6.45, 7) is 4.69. The van der Waals surface area contributed by atoms with E-state index < -0.39 is 23.1 Å². The molecule has 0 radical (unpaired) electrons. The van der Waals surface area contributed by atoms with E-state index in [0.29, 0.717) is 66.7 Å². The summed E-state index contributed by atoms with van der Waals surface area (Å²) in [6.07, 6.45) is 0.298. The number of hydrogen-bond acceptors (Lipinski definition) is 6. The molecule has 1 amide bonds. The Morgan fingerprint density at radius 1 is 1.05 bits per heavy atom. The van der Waals surface area contributed by atoms with Gasteiger partial charge in [0.25, 0.3) is 5.91 Å². The van der Waals surface area contributed by atoms with Crippen molar-refractivity contribution >= 4 is 17.6 Å². The van der Waals surface area contributed by atoms with Crippen LogP contribution in [0.4, 0.5) is 10.1 Å². The first kappa shape index (κ1) is 26.5. The zero-order valence-electron chi connectivity index (χ0n) is 21.8. The van der Waals surface area contributed by atoms with Crippen LogP contribution in [0.5, 0.6) is 17.2 Å². The summed E-state index contributed by atoms with van der Waals surface area (Å²) in [4.78, 5) is 25.3. The van der Waals surface area contributed by atoms with E-state index in [0.717, 1.165) is 5.56 Å². The van der Waals surface area contributed by atoms with Crippen molar-refractivity contribution in [2.45, 2.75) is 38.2 Å². The minimum absolute atomic E-state index is 0.142. The van der Waals surface area contributed by atoms with Gasteiger partial charge in [-0.3, -0.25) is 9.59 Å². The van der Waals surface area contributed by atoms with Gasteiger partial charge < -0.3 is 29.4 Å². The first-order valence-electron chi connectivity index (χ1n) is 12.8. The van der Waals surface area contributed by atoms with Crippen LogP contribution < -0.4 is 19.5 Å². The Bertz CT molecular complexity index is 1400. The molecule has 204 valence electrons. The minimum Gasteiger partial charge on any atom is -0.489 e. The van der Waals surface area contributed by atoms with Crippen molar-refractivity contribution in [3.8, 4) is 17.2 Å². The lowest BCUT2D eigenvalue weighted by molar-refractivity contribution is -0.147. The Balaban J connectivity index is 1.29. The zero-order valence-corrected chi connectivity index (χ0v) is 21.8. The molecule has 0 bridgehead atoms. The van der Waals surface area contributed by atoms with Crippen LogP contribution in [0, 0.1) is 19.7 Å². The Morgan fingerprint density at radius 3 is 2.54 bits per heavy atom. The SMILES string of the molecule is Cc1cc(C(=O)Nc2ccc(C)c(C3(C(=O)O)CCOCC3)c2)c(F)cc1OC[C@@H]1COc2ccccc2O1. The van der Waals surface area contributed by atoms with E-state index in [1.165, 1.54) is 12.1 Å². The van der Waals surface area contributed by atoms with Gasteiger partial charge in [-0.05, 0) is 73.7 Å². The van der Waals surface area contributed by atoms with E-state index in [1.54, 1.807) is 25.1 Å². The van der Waals surface area contributed by atoms with E-state index in [9.17, 15) is 14.7 Å². The quantitative estimate of drug-likeness (QED) is 0.437. The van der Waals surface area contributed by atoms with Gasteiger partial charge in [-0.15, -0.1) is 0 Å². The second-order valence-corrected chi connectivity index (χ2v) is 9.89. The van der Waals surface area contributed by atoms with Crippen LogP contribution in [0.15, 0.2) is 54.6 Å². The Labute approximate surface area is 225 Å². The molecule has 1 saturated heterocycles. The van der Waals surface area contributed by atoms with Gasteiger partial charge in [0, 0.05) is 25.0 Å². The summed E-state index contributed by atoms with van der Waals surface area (Å²) < 4.78 is 37.8. The first-order valence-corrected chi connectivity index (χ1v) is 12.8. The number of hydrogen-bond donors (Lipinski definition) is 2. The number of anilines is 1. The van der Waals surface area contributed by atoms with Gasteiger partial charge in [-0.2, -0.15) is 0 Å². The second-order valence-electron chi connectivity index (χ2n) is 9.89. The highest BCUT2D eigenvalue weighted by Crippen LogP contribution is 2.38. The monoisotopic (exact) mass is 535 g/mol. The van der Waals surface area contributed by atoms with Gasteiger partial charge in [-0.25, -0.2) is 4.39 Å². The molecule has 2 aliphatic rings. The molecule has 0 aliphatic carbocycles. The predicted octanol–water partition coefficient (Wildman–Crippen LogP) is 5.05. The highest BCUT2D eigenvalue weighted by Gasteiger charge is 2.43. The largest absolute Gasteiger partial charge is 0.489 e. The number of aliphatic carboxylic acids is 1. The average molecular weight is 536 g/mol. The minimum atomic E-state index is -1.10. The van der Waals surface area contributed by atoms with Crippen molar-refractivity contribution in [1.29, 1.82) is 0 Å². The number of ether oxygens (including phenoxy) is 4. The van der Waals surface area contributed by atoms with Crippen molar-refractivity contribution in [3.05, 3.63) is 82.7 Å². The molecule has 0 unspecified atom stereocenters. The van der Waals surface area contributed by atoms with E-state index >= 15 is 4.39 Å². The number of halogens is 1. The summed E-state index contributed by atoms with van der Waals surface area (Å²) >= 11 is 0. The summed E-state index contributed by atoms with van der Waals surface area (Å²) in [5.41, 5.74) is 1.14. The van der Waals surface area contributed by atoms with Crippen LogP contribution in [0.3, 0.4) is 0 Å². The van der Waals surface area contributed by atoms with Crippen LogP contribution in [-0.4, -0.2) is 49.5 Å². The van der Waals surface area contributed by atoms with Crippen LogP contribution in [-0.2, 0) is 14.9 Å². The fraction of sp³-hybridized carbons (Fsp3) is 0.333. The van der Waals surface area contributed by atoms with E-state index in [4.69, 9.17) is 18.9 Å². The van der Waals surface area contributed by atoms with E-state index in [1.807, 2.05) is 31.2 Å². The first-order chi connectivity index (χ1) is 18.8. The molecule has 5 rings (SSSR count). The van der Waals surface area contributed by atoms with Gasteiger partial charge in [0.15, 0.2) is 17.6 Å². The van der Waals surface area contributed by atoms with Crippen molar-refractivity contribution in [2.75, 3.05) is 31.7 Å². The van der Waals surface area contributed by atoms with Crippen LogP contribution in [0.25, 0.3) is 0 Å². The number of carboxylic acid groups (broad SMARTS) is 1. The summed E-state index contributed by atoms with van der Waals surface area (Å²) in [5.74, 6) is -0.724. The maximum absolute atomic E-state index is 15.1. The number of benzene rings is 3. The van der Waals surface area contributed by atoms with E-state index in [2.05, 4.69) is 5.32 Å². The second kappa shape index (κ2) is 10.9. The molecule has 2 heterocycles. The summed E-state index contributed by atoms with van der Waals surface area (Å²) in [6, 6.07) is 15.1. The third kappa shape index (κ3) is 5.40. The topological polar surface area (TPSA) is 103 Å². The number of carboxylic acids is 1. The molecule has 2 aliphatic heterocycles. The van der Waals surface area contributed by atoms with Gasteiger partial charge in [0.2, 0.25) is 0 Å². The lowest BCUT2D eigenvalue weighted by Gasteiger charge is -2.35. The number of amides is 1. The summed E-state index contributed by atoms with van der Waals surface area (Å²) in [5, 5.41) is 12.8. The van der Waals surface area contributed by atoms with Crippen molar-refractivity contribution in [2.24, 2.45) is 0 Å². The molecule has 0 spiro atoms. The Morgan fingerprint density at radius 2 is 1.79 bits per heavy atom. The normalized spacial score (nSPS) is 17.8. The molecule has 39 heavy (non-hydrogen) atoms. The lowest BCUT2D eigenvalue weighted by atomic mass is 9.72. The fourth-order valence-corrected chi connectivity index (χ4v) is 5.05. The molecule has 3 aromatic carbocycles. The molecular formula is C30H30FNO7. The molecule has 3 aromatic rings. The molecule has 1 fully saturated rings. The highest BCUT2D eigenvalue weighted by molar-refractivity contribution is 6.05. The smallest absolute Gasteiger partial charge is 0.314 e. The van der Waals surface area contributed by atoms with Crippen LogP contribution >= 0.6 is 0 Å². The Kier molecular flexibility index (Phi) is 7.43. The molecule has 9 heteroatoms. The Hall–Kier alpha value is -4.11. The van der Waals surface area contributed by atoms with E-state index in [-0.39, 0.29) is 18.3 Å². The number of fused-ring (bicyclic) bond motifs is 1. The molecule has 0 saturated carbocycles. The lowest BCUT2D eigenvalue weighted by Crippen LogP contribution is -2.41. The van der Waals surface area contributed by atoms with Gasteiger partial charge >= 0.3 is 5.97 Å². The zero-order chi connectivity index (χ0) is 27.6. The number of para-hydroxylation sites is 2. The molecule has 2 N–H and O–H groups in total. The highest BCUT2D eigenvalue weighted by atomic mass is 19.1. The van der Waals surface area contributed by atoms with Crippen LogP contribution in [0.1, 0.15) is 39.9 Å². The number of aryl methyl sites for hydroxylation is 2.